The number of anilines is 2. The number of carbonyl (C=O) groups is 1. The standard InChI is InChI=1S/C21H25BrN2O/c22-19(12-8-10-18-25)11-7-9-17-23-24(20-13-3-1-4-14-20)21-15-5-2-6-16-21/h1-6,13-19H,7-12H2/b23-17+. The number of alkyl halides is 1. The Balaban J connectivity index is 1.87. The fraction of sp³-hybridized carbons (Fsp3) is 0.333. The smallest absolute Gasteiger partial charge is 0.119 e. The van der Waals surface area contributed by atoms with E-state index in [0.29, 0.717) is 11.2 Å². The molecule has 0 aromatic heterocycles. The fourth-order valence-electron chi connectivity index (χ4n) is 2.56. The first-order chi connectivity index (χ1) is 12.3. The molecule has 0 aliphatic heterocycles. The van der Waals surface area contributed by atoms with E-state index in [1.54, 1.807) is 0 Å². The number of unbranched alkanes of at least 4 members (excludes halogenated alkanes) is 2. The van der Waals surface area contributed by atoms with E-state index < -0.39 is 0 Å². The van der Waals surface area contributed by atoms with Crippen molar-refractivity contribution in [3.05, 3.63) is 60.7 Å². The maximum Gasteiger partial charge on any atom is 0.119 e. The molecule has 0 heterocycles. The molecule has 0 spiro atoms. The number of carbonyl (C=O) groups excluding carboxylic acids is 1. The predicted molar refractivity (Wildman–Crippen MR) is 110 cm³/mol. The van der Waals surface area contributed by atoms with Gasteiger partial charge in [-0.15, -0.1) is 0 Å². The third kappa shape index (κ3) is 7.22. The van der Waals surface area contributed by atoms with E-state index in [-0.39, 0.29) is 0 Å². The minimum Gasteiger partial charge on any atom is -0.303 e. The molecule has 25 heavy (non-hydrogen) atoms. The Hall–Kier alpha value is -1.94. The quantitative estimate of drug-likeness (QED) is 0.150. The summed E-state index contributed by atoms with van der Waals surface area (Å²) in [6.45, 7) is 0. The van der Waals surface area contributed by atoms with Crippen molar-refractivity contribution in [2.45, 2.75) is 43.4 Å². The SMILES string of the molecule is O=CCCCC(Br)CCC/C=N/N(c1ccccc1)c1ccccc1. The number of halogens is 1. The molecule has 3 nitrogen and oxygen atoms in total. The zero-order chi connectivity index (χ0) is 17.7. The van der Waals surface area contributed by atoms with Crippen molar-refractivity contribution >= 4 is 39.8 Å². The van der Waals surface area contributed by atoms with Crippen LogP contribution in [0.3, 0.4) is 0 Å². The van der Waals surface area contributed by atoms with Gasteiger partial charge in [-0.25, -0.2) is 5.01 Å². The van der Waals surface area contributed by atoms with Crippen molar-refractivity contribution in [2.75, 3.05) is 5.01 Å². The Bertz CT molecular complexity index is 591. The Kier molecular flexibility index (Phi) is 8.98. The third-order valence-corrected chi connectivity index (χ3v) is 4.80. The van der Waals surface area contributed by atoms with Gasteiger partial charge >= 0.3 is 0 Å². The van der Waals surface area contributed by atoms with Gasteiger partial charge in [-0.05, 0) is 56.4 Å². The highest BCUT2D eigenvalue weighted by molar-refractivity contribution is 9.09. The first-order valence-electron chi connectivity index (χ1n) is 8.81. The van der Waals surface area contributed by atoms with Crippen LogP contribution >= 0.6 is 15.9 Å². The van der Waals surface area contributed by atoms with E-state index in [0.717, 1.165) is 49.8 Å². The van der Waals surface area contributed by atoms with Crippen LogP contribution in [0.5, 0.6) is 0 Å². The van der Waals surface area contributed by atoms with Gasteiger partial charge in [0.15, 0.2) is 0 Å². The van der Waals surface area contributed by atoms with Gasteiger partial charge in [-0.1, -0.05) is 52.3 Å². The minimum atomic E-state index is 0.486. The molecular weight excluding hydrogens is 376 g/mol. The number of aldehydes is 1. The molecule has 0 radical (unpaired) electrons. The molecular formula is C21H25BrN2O. The molecule has 0 amide bonds. The van der Waals surface area contributed by atoms with Crippen molar-refractivity contribution in [2.24, 2.45) is 5.10 Å². The molecule has 4 heteroatoms. The van der Waals surface area contributed by atoms with Crippen LogP contribution in [0.4, 0.5) is 11.4 Å². The second kappa shape index (κ2) is 11.6. The fourth-order valence-corrected chi connectivity index (χ4v) is 3.21. The van der Waals surface area contributed by atoms with E-state index in [4.69, 9.17) is 0 Å². The molecule has 0 aliphatic rings. The van der Waals surface area contributed by atoms with Crippen LogP contribution in [-0.2, 0) is 4.79 Å². The summed E-state index contributed by atoms with van der Waals surface area (Å²) >= 11 is 3.69. The summed E-state index contributed by atoms with van der Waals surface area (Å²) in [5.74, 6) is 0. The van der Waals surface area contributed by atoms with Crippen molar-refractivity contribution in [3.8, 4) is 0 Å². The average molecular weight is 401 g/mol. The van der Waals surface area contributed by atoms with Gasteiger partial charge in [0.05, 0.1) is 11.4 Å². The third-order valence-electron chi connectivity index (χ3n) is 3.89. The molecule has 0 bridgehead atoms. The monoisotopic (exact) mass is 400 g/mol. The lowest BCUT2D eigenvalue weighted by molar-refractivity contribution is -0.107. The number of hydrazone groups is 1. The highest BCUT2D eigenvalue weighted by Crippen LogP contribution is 2.25. The van der Waals surface area contributed by atoms with Crippen LogP contribution < -0.4 is 5.01 Å². The molecule has 0 N–H and O–H groups in total. The number of para-hydroxylation sites is 2. The Morgan fingerprint density at radius 2 is 1.40 bits per heavy atom. The normalized spacial score (nSPS) is 12.2. The van der Waals surface area contributed by atoms with Gasteiger partial charge < -0.3 is 4.79 Å². The van der Waals surface area contributed by atoms with Gasteiger partial charge in [-0.2, -0.15) is 5.10 Å². The molecule has 0 saturated carbocycles. The summed E-state index contributed by atoms with van der Waals surface area (Å²) in [5.41, 5.74) is 2.11. The van der Waals surface area contributed by atoms with Gasteiger partial charge in [0.25, 0.3) is 0 Å². The molecule has 2 rings (SSSR count). The lowest BCUT2D eigenvalue weighted by atomic mass is 10.1. The molecule has 1 atom stereocenters. The van der Waals surface area contributed by atoms with Crippen LogP contribution in [0.25, 0.3) is 0 Å². The van der Waals surface area contributed by atoms with E-state index in [1.807, 2.05) is 47.6 Å². The van der Waals surface area contributed by atoms with E-state index in [2.05, 4.69) is 45.3 Å². The summed E-state index contributed by atoms with van der Waals surface area (Å²) < 4.78 is 0. The predicted octanol–water partition coefficient (Wildman–Crippen LogP) is 6.11. The summed E-state index contributed by atoms with van der Waals surface area (Å²) in [7, 11) is 0. The van der Waals surface area contributed by atoms with Crippen molar-refractivity contribution < 1.29 is 4.79 Å². The van der Waals surface area contributed by atoms with Gasteiger partial charge in [0, 0.05) is 17.5 Å². The summed E-state index contributed by atoms with van der Waals surface area (Å²) in [5, 5.41) is 6.65. The van der Waals surface area contributed by atoms with Crippen molar-refractivity contribution in [1.29, 1.82) is 0 Å². The summed E-state index contributed by atoms with van der Waals surface area (Å²) in [4.78, 5) is 10.8. The number of benzene rings is 2. The largest absolute Gasteiger partial charge is 0.303 e. The molecule has 132 valence electrons. The van der Waals surface area contributed by atoms with Crippen LogP contribution in [0.1, 0.15) is 38.5 Å². The average Bonchev–Trinajstić information content (AvgIpc) is 2.66. The Labute approximate surface area is 158 Å². The molecule has 0 fully saturated rings. The molecule has 0 saturated heterocycles. The highest BCUT2D eigenvalue weighted by Gasteiger charge is 2.06. The van der Waals surface area contributed by atoms with Crippen molar-refractivity contribution in [1.82, 2.24) is 0 Å². The van der Waals surface area contributed by atoms with E-state index in [9.17, 15) is 4.79 Å². The van der Waals surface area contributed by atoms with Crippen LogP contribution in [0, 0.1) is 0 Å². The maximum atomic E-state index is 10.3. The highest BCUT2D eigenvalue weighted by atomic mass is 79.9. The summed E-state index contributed by atoms with van der Waals surface area (Å²) in [6, 6.07) is 20.4. The Morgan fingerprint density at radius 3 is 1.92 bits per heavy atom. The molecule has 1 unspecified atom stereocenters. The second-order valence-corrected chi connectivity index (χ2v) is 7.20. The number of nitrogens with zero attached hydrogens (tertiary/aromatic N) is 2. The van der Waals surface area contributed by atoms with Crippen LogP contribution in [0.2, 0.25) is 0 Å². The lowest BCUT2D eigenvalue weighted by Gasteiger charge is -2.19. The number of rotatable bonds is 11. The number of hydrogen-bond donors (Lipinski definition) is 0. The molecule has 0 aliphatic carbocycles. The zero-order valence-corrected chi connectivity index (χ0v) is 16.0. The topological polar surface area (TPSA) is 32.7 Å². The zero-order valence-electron chi connectivity index (χ0n) is 14.4. The number of hydrogen-bond acceptors (Lipinski definition) is 3. The first-order valence-corrected chi connectivity index (χ1v) is 9.73. The first kappa shape index (κ1) is 19.4. The van der Waals surface area contributed by atoms with E-state index >= 15 is 0 Å². The minimum absolute atomic E-state index is 0.486. The molecule has 2 aromatic rings. The summed E-state index contributed by atoms with van der Waals surface area (Å²) in [6.07, 6.45) is 8.77. The van der Waals surface area contributed by atoms with Crippen LogP contribution in [-0.4, -0.2) is 17.3 Å². The van der Waals surface area contributed by atoms with Gasteiger partial charge in [-0.3, -0.25) is 0 Å². The maximum absolute atomic E-state index is 10.3. The lowest BCUT2D eigenvalue weighted by Crippen LogP contribution is -2.09. The second-order valence-electron chi connectivity index (χ2n) is 5.91. The van der Waals surface area contributed by atoms with E-state index in [1.165, 1.54) is 0 Å². The van der Waals surface area contributed by atoms with Gasteiger partial charge in [0.1, 0.15) is 6.29 Å². The molecule has 2 aromatic carbocycles. The Morgan fingerprint density at radius 1 is 0.880 bits per heavy atom. The van der Waals surface area contributed by atoms with Gasteiger partial charge in [0.2, 0.25) is 0 Å². The van der Waals surface area contributed by atoms with Crippen molar-refractivity contribution in [3.63, 3.8) is 0 Å². The van der Waals surface area contributed by atoms with Crippen LogP contribution in [0.15, 0.2) is 65.8 Å².